The van der Waals surface area contributed by atoms with E-state index in [4.69, 9.17) is 16.3 Å². The second kappa shape index (κ2) is 5.49. The van der Waals surface area contributed by atoms with E-state index >= 15 is 0 Å². The van der Waals surface area contributed by atoms with Gasteiger partial charge in [0, 0.05) is 18.6 Å². The van der Waals surface area contributed by atoms with E-state index in [0.29, 0.717) is 18.2 Å². The largest absolute Gasteiger partial charge is 0.380 e. The molecule has 0 amide bonds. The fourth-order valence-corrected chi connectivity index (χ4v) is 2.19. The first kappa shape index (κ1) is 14.3. The van der Waals surface area contributed by atoms with E-state index in [2.05, 4.69) is 11.9 Å². The van der Waals surface area contributed by atoms with Crippen LogP contribution in [-0.2, 0) is 10.3 Å². The van der Waals surface area contributed by atoms with Crippen LogP contribution in [0.2, 0.25) is 5.02 Å². The van der Waals surface area contributed by atoms with E-state index in [9.17, 15) is 5.11 Å². The number of halogens is 1. The maximum Gasteiger partial charge on any atom is 0.136 e. The molecule has 0 bridgehead atoms. The molecule has 19 heavy (non-hydrogen) atoms. The smallest absolute Gasteiger partial charge is 0.136 e. The van der Waals surface area contributed by atoms with Gasteiger partial charge in [0.25, 0.3) is 0 Å². The summed E-state index contributed by atoms with van der Waals surface area (Å²) in [5.74, 6) is 0. The van der Waals surface area contributed by atoms with Gasteiger partial charge in [0.05, 0.1) is 25.2 Å². The minimum Gasteiger partial charge on any atom is -0.380 e. The quantitative estimate of drug-likeness (QED) is 0.682. The highest BCUT2D eigenvalue weighted by Crippen LogP contribution is 2.37. The number of aliphatic hydroxyl groups is 1. The monoisotopic (exact) mass is 282 g/mol. The summed E-state index contributed by atoms with van der Waals surface area (Å²) in [5, 5.41) is 11.0. The van der Waals surface area contributed by atoms with E-state index in [1.54, 1.807) is 12.4 Å². The SMILES string of the molecule is CCN(C)C=Nc1cc(Cl)cc(C2(O)COC2)c1C. The first-order valence-corrected chi connectivity index (χ1v) is 6.69. The van der Waals surface area contributed by atoms with Gasteiger partial charge in [-0.1, -0.05) is 11.6 Å². The molecule has 4 nitrogen and oxygen atoms in total. The van der Waals surface area contributed by atoms with E-state index in [0.717, 1.165) is 23.4 Å². The Morgan fingerprint density at radius 1 is 1.53 bits per heavy atom. The van der Waals surface area contributed by atoms with Crippen LogP contribution in [0.3, 0.4) is 0 Å². The summed E-state index contributed by atoms with van der Waals surface area (Å²) in [6.07, 6.45) is 1.77. The molecule has 0 unspecified atom stereocenters. The third-order valence-electron chi connectivity index (χ3n) is 3.42. The topological polar surface area (TPSA) is 45.1 Å². The van der Waals surface area contributed by atoms with Gasteiger partial charge in [-0.2, -0.15) is 0 Å². The molecular formula is C14H19ClN2O2. The number of hydrogen-bond donors (Lipinski definition) is 1. The number of ether oxygens (including phenoxy) is 1. The van der Waals surface area contributed by atoms with Crippen LogP contribution in [0.4, 0.5) is 5.69 Å². The molecule has 0 aromatic heterocycles. The van der Waals surface area contributed by atoms with E-state index < -0.39 is 5.60 Å². The molecule has 2 rings (SSSR count). The van der Waals surface area contributed by atoms with Crippen molar-refractivity contribution in [2.75, 3.05) is 26.8 Å². The molecule has 1 heterocycles. The summed E-state index contributed by atoms with van der Waals surface area (Å²) in [6, 6.07) is 3.60. The van der Waals surface area contributed by atoms with Gasteiger partial charge in [-0.3, -0.25) is 0 Å². The number of hydrogen-bond acceptors (Lipinski definition) is 3. The van der Waals surface area contributed by atoms with Gasteiger partial charge < -0.3 is 14.7 Å². The maximum atomic E-state index is 10.4. The third kappa shape index (κ3) is 2.91. The molecule has 0 saturated carbocycles. The zero-order valence-corrected chi connectivity index (χ0v) is 12.2. The van der Waals surface area contributed by atoms with Gasteiger partial charge in [-0.05, 0) is 37.1 Å². The molecule has 1 aliphatic heterocycles. The molecule has 104 valence electrons. The van der Waals surface area contributed by atoms with E-state index in [1.165, 1.54) is 0 Å². The van der Waals surface area contributed by atoms with Crippen molar-refractivity contribution in [2.45, 2.75) is 19.4 Å². The first-order chi connectivity index (χ1) is 8.96. The van der Waals surface area contributed by atoms with Crippen molar-refractivity contribution >= 4 is 23.6 Å². The Bertz CT molecular complexity index is 498. The van der Waals surface area contributed by atoms with Gasteiger partial charge in [0.1, 0.15) is 5.60 Å². The van der Waals surface area contributed by atoms with E-state index in [-0.39, 0.29) is 0 Å². The Hall–Kier alpha value is -1.10. The van der Waals surface area contributed by atoms with Crippen molar-refractivity contribution in [1.29, 1.82) is 0 Å². The Morgan fingerprint density at radius 2 is 2.21 bits per heavy atom. The van der Waals surface area contributed by atoms with Crippen LogP contribution in [0, 0.1) is 6.92 Å². The Balaban J connectivity index is 2.37. The lowest BCUT2D eigenvalue weighted by Crippen LogP contribution is -2.47. The van der Waals surface area contributed by atoms with Crippen LogP contribution in [-0.4, -0.2) is 43.2 Å². The molecule has 1 N–H and O–H groups in total. The Labute approximate surface area is 118 Å². The number of rotatable bonds is 4. The molecule has 1 aromatic carbocycles. The molecule has 0 radical (unpaired) electrons. The van der Waals surface area contributed by atoms with Crippen LogP contribution in [0.1, 0.15) is 18.1 Å². The normalized spacial score (nSPS) is 17.5. The van der Waals surface area contributed by atoms with Gasteiger partial charge in [-0.25, -0.2) is 4.99 Å². The predicted molar refractivity (Wildman–Crippen MR) is 77.4 cm³/mol. The minimum atomic E-state index is -0.921. The third-order valence-corrected chi connectivity index (χ3v) is 3.64. The zero-order valence-electron chi connectivity index (χ0n) is 11.5. The fraction of sp³-hybridized carbons (Fsp3) is 0.500. The van der Waals surface area contributed by atoms with Gasteiger partial charge in [0.15, 0.2) is 0 Å². The van der Waals surface area contributed by atoms with Crippen LogP contribution >= 0.6 is 11.6 Å². The van der Waals surface area contributed by atoms with Crippen molar-refractivity contribution in [3.8, 4) is 0 Å². The molecule has 1 aromatic rings. The lowest BCUT2D eigenvalue weighted by molar-refractivity contribution is -0.184. The average molecular weight is 283 g/mol. The molecule has 0 aliphatic carbocycles. The molecule has 1 saturated heterocycles. The van der Waals surface area contributed by atoms with Crippen molar-refractivity contribution in [3.63, 3.8) is 0 Å². The second-order valence-corrected chi connectivity index (χ2v) is 5.38. The summed E-state index contributed by atoms with van der Waals surface area (Å²) in [7, 11) is 1.96. The standard InChI is InChI=1S/C14H19ClN2O2/c1-4-17(3)9-16-13-6-11(15)5-12(10(13)2)14(18)7-19-8-14/h5-6,9,18H,4,7-8H2,1-3H3. The molecular weight excluding hydrogens is 264 g/mol. The maximum absolute atomic E-state index is 10.4. The number of benzene rings is 1. The minimum absolute atomic E-state index is 0.312. The highest BCUT2D eigenvalue weighted by Gasteiger charge is 2.39. The van der Waals surface area contributed by atoms with Crippen LogP contribution in [0.15, 0.2) is 17.1 Å². The van der Waals surface area contributed by atoms with E-state index in [1.807, 2.05) is 24.9 Å². The summed E-state index contributed by atoms with van der Waals surface area (Å²) >= 11 is 6.12. The van der Waals surface area contributed by atoms with Crippen LogP contribution in [0.25, 0.3) is 0 Å². The average Bonchev–Trinajstić information content (AvgIpc) is 2.36. The van der Waals surface area contributed by atoms with Crippen molar-refractivity contribution in [2.24, 2.45) is 4.99 Å². The van der Waals surface area contributed by atoms with Crippen molar-refractivity contribution < 1.29 is 9.84 Å². The molecule has 1 aliphatic rings. The van der Waals surface area contributed by atoms with Crippen LogP contribution in [0.5, 0.6) is 0 Å². The van der Waals surface area contributed by atoms with Crippen molar-refractivity contribution in [3.05, 3.63) is 28.3 Å². The van der Waals surface area contributed by atoms with Crippen molar-refractivity contribution in [1.82, 2.24) is 4.90 Å². The summed E-state index contributed by atoms with van der Waals surface area (Å²) in [6.45, 7) is 5.50. The highest BCUT2D eigenvalue weighted by molar-refractivity contribution is 6.31. The summed E-state index contributed by atoms with van der Waals surface area (Å²) in [5.41, 5.74) is 1.60. The lowest BCUT2D eigenvalue weighted by atomic mass is 9.88. The van der Waals surface area contributed by atoms with Gasteiger partial charge in [-0.15, -0.1) is 0 Å². The summed E-state index contributed by atoms with van der Waals surface area (Å²) in [4.78, 5) is 6.41. The molecule has 5 heteroatoms. The first-order valence-electron chi connectivity index (χ1n) is 6.31. The zero-order chi connectivity index (χ0) is 14.0. The number of aliphatic imine (C=N–C) groups is 1. The number of nitrogens with zero attached hydrogens (tertiary/aromatic N) is 2. The lowest BCUT2D eigenvalue weighted by Gasteiger charge is -2.38. The molecule has 0 atom stereocenters. The molecule has 0 spiro atoms. The Morgan fingerprint density at radius 3 is 2.74 bits per heavy atom. The molecule has 1 fully saturated rings. The highest BCUT2D eigenvalue weighted by atomic mass is 35.5. The fourth-order valence-electron chi connectivity index (χ4n) is 1.98. The Kier molecular flexibility index (Phi) is 4.13. The second-order valence-electron chi connectivity index (χ2n) is 4.94. The van der Waals surface area contributed by atoms with Gasteiger partial charge >= 0.3 is 0 Å². The van der Waals surface area contributed by atoms with Crippen LogP contribution < -0.4 is 0 Å². The van der Waals surface area contributed by atoms with Gasteiger partial charge in [0.2, 0.25) is 0 Å². The predicted octanol–water partition coefficient (Wildman–Crippen LogP) is 2.48. The summed E-state index contributed by atoms with van der Waals surface area (Å²) < 4.78 is 5.10.